The van der Waals surface area contributed by atoms with Crippen molar-refractivity contribution < 1.29 is 4.74 Å². The van der Waals surface area contributed by atoms with E-state index in [1.54, 1.807) is 0 Å². The lowest BCUT2D eigenvalue weighted by molar-refractivity contribution is 0.0962. The predicted octanol–water partition coefficient (Wildman–Crippen LogP) is 3.43. The first-order valence-electron chi connectivity index (χ1n) is 7.65. The number of aromatic nitrogens is 1. The summed E-state index contributed by atoms with van der Waals surface area (Å²) in [6.07, 6.45) is 6.27. The fraction of sp³-hybridized carbons (Fsp3) is 0.389. The lowest BCUT2D eigenvalue weighted by Gasteiger charge is -2.32. The molecule has 0 radical (unpaired) electrons. The Morgan fingerprint density at radius 2 is 1.81 bits per heavy atom. The number of benzene rings is 1. The smallest absolute Gasteiger partial charge is 0.122 e. The van der Waals surface area contributed by atoms with Crippen LogP contribution in [0, 0.1) is 6.92 Å². The van der Waals surface area contributed by atoms with Gasteiger partial charge < -0.3 is 4.74 Å². The van der Waals surface area contributed by atoms with E-state index in [4.69, 9.17) is 4.74 Å². The molecule has 0 spiro atoms. The number of ether oxygens (including phenoxy) is 1. The summed E-state index contributed by atoms with van der Waals surface area (Å²) in [5.74, 6) is 1.03. The molecule has 1 fully saturated rings. The van der Waals surface area contributed by atoms with Gasteiger partial charge in [-0.25, -0.2) is 0 Å². The van der Waals surface area contributed by atoms with Crippen LogP contribution in [0.25, 0.3) is 0 Å². The van der Waals surface area contributed by atoms with Gasteiger partial charge in [0.25, 0.3) is 0 Å². The minimum atomic E-state index is 0.347. The van der Waals surface area contributed by atoms with E-state index in [2.05, 4.69) is 47.1 Å². The summed E-state index contributed by atoms with van der Waals surface area (Å²) in [5.41, 5.74) is 2.56. The number of likely N-dealkylation sites (tertiary alicyclic amines) is 1. The molecule has 1 aliphatic rings. The van der Waals surface area contributed by atoms with Gasteiger partial charge in [0.15, 0.2) is 0 Å². The van der Waals surface area contributed by atoms with Crippen molar-refractivity contribution in [2.24, 2.45) is 0 Å². The van der Waals surface area contributed by atoms with Crippen LogP contribution < -0.4 is 4.74 Å². The Morgan fingerprint density at radius 3 is 2.52 bits per heavy atom. The monoisotopic (exact) mass is 282 g/mol. The summed E-state index contributed by atoms with van der Waals surface area (Å²) < 4.78 is 6.15. The Kier molecular flexibility index (Phi) is 4.51. The Hall–Kier alpha value is -1.87. The van der Waals surface area contributed by atoms with Crippen LogP contribution in [0.5, 0.6) is 5.75 Å². The van der Waals surface area contributed by atoms with Crippen LogP contribution in [-0.2, 0) is 6.54 Å². The topological polar surface area (TPSA) is 25.4 Å². The molecule has 0 amide bonds. The zero-order chi connectivity index (χ0) is 14.5. The average molecular weight is 282 g/mol. The van der Waals surface area contributed by atoms with E-state index >= 15 is 0 Å². The molecule has 3 rings (SSSR count). The average Bonchev–Trinajstić information content (AvgIpc) is 2.52. The van der Waals surface area contributed by atoms with Gasteiger partial charge in [0.1, 0.15) is 11.9 Å². The molecule has 0 bridgehead atoms. The number of hydrogen-bond donors (Lipinski definition) is 0. The van der Waals surface area contributed by atoms with Crippen LogP contribution in [0.3, 0.4) is 0 Å². The van der Waals surface area contributed by atoms with Crippen LogP contribution in [0.15, 0.2) is 48.8 Å². The predicted molar refractivity (Wildman–Crippen MR) is 84.3 cm³/mol. The molecule has 0 aliphatic carbocycles. The molecular weight excluding hydrogens is 260 g/mol. The van der Waals surface area contributed by atoms with Crippen LogP contribution >= 0.6 is 0 Å². The largest absolute Gasteiger partial charge is 0.490 e. The molecular formula is C18H22N2O. The van der Waals surface area contributed by atoms with E-state index in [0.717, 1.165) is 38.2 Å². The molecule has 0 unspecified atom stereocenters. The van der Waals surface area contributed by atoms with Gasteiger partial charge >= 0.3 is 0 Å². The van der Waals surface area contributed by atoms with Crippen molar-refractivity contribution in [3.8, 4) is 5.75 Å². The third-order valence-corrected chi connectivity index (χ3v) is 4.08. The summed E-state index contributed by atoms with van der Waals surface area (Å²) in [6.45, 7) is 5.31. The van der Waals surface area contributed by atoms with E-state index < -0.39 is 0 Å². The van der Waals surface area contributed by atoms with Crippen molar-refractivity contribution in [2.45, 2.75) is 32.4 Å². The van der Waals surface area contributed by atoms with Gasteiger partial charge in [-0.05, 0) is 49.1 Å². The highest BCUT2D eigenvalue weighted by Crippen LogP contribution is 2.22. The maximum atomic E-state index is 6.15. The molecule has 1 saturated heterocycles. The Labute approximate surface area is 126 Å². The number of rotatable bonds is 4. The number of para-hydroxylation sites is 1. The molecule has 2 aromatic rings. The Balaban J connectivity index is 1.50. The van der Waals surface area contributed by atoms with Gasteiger partial charge in [-0.1, -0.05) is 18.2 Å². The highest BCUT2D eigenvalue weighted by molar-refractivity contribution is 5.31. The van der Waals surface area contributed by atoms with Gasteiger partial charge in [-0.2, -0.15) is 0 Å². The first kappa shape index (κ1) is 14.1. The molecule has 0 N–H and O–H groups in total. The SMILES string of the molecule is Cc1ccccc1OC1CCN(Cc2ccncc2)CC1. The minimum absolute atomic E-state index is 0.347. The van der Waals surface area contributed by atoms with E-state index in [1.807, 2.05) is 18.5 Å². The second-order valence-electron chi connectivity index (χ2n) is 5.71. The van der Waals surface area contributed by atoms with Gasteiger partial charge in [0.2, 0.25) is 0 Å². The van der Waals surface area contributed by atoms with E-state index in [-0.39, 0.29) is 0 Å². The van der Waals surface area contributed by atoms with Crippen molar-refractivity contribution in [3.05, 3.63) is 59.9 Å². The maximum Gasteiger partial charge on any atom is 0.122 e. The molecule has 3 nitrogen and oxygen atoms in total. The Morgan fingerprint density at radius 1 is 1.10 bits per heavy atom. The van der Waals surface area contributed by atoms with Crippen LogP contribution in [-0.4, -0.2) is 29.1 Å². The van der Waals surface area contributed by atoms with Gasteiger partial charge in [0, 0.05) is 32.0 Å². The van der Waals surface area contributed by atoms with Crippen molar-refractivity contribution in [3.63, 3.8) is 0 Å². The van der Waals surface area contributed by atoms with Crippen molar-refractivity contribution in [1.82, 2.24) is 9.88 Å². The molecule has 1 aromatic heterocycles. The lowest BCUT2D eigenvalue weighted by Crippen LogP contribution is -2.37. The maximum absolute atomic E-state index is 6.15. The van der Waals surface area contributed by atoms with Crippen molar-refractivity contribution in [1.29, 1.82) is 0 Å². The fourth-order valence-electron chi connectivity index (χ4n) is 2.80. The third kappa shape index (κ3) is 3.82. The van der Waals surface area contributed by atoms with E-state index in [9.17, 15) is 0 Å². The first-order valence-corrected chi connectivity index (χ1v) is 7.65. The van der Waals surface area contributed by atoms with Crippen LogP contribution in [0.1, 0.15) is 24.0 Å². The second kappa shape index (κ2) is 6.72. The molecule has 1 aromatic carbocycles. The number of nitrogens with zero attached hydrogens (tertiary/aromatic N) is 2. The van der Waals surface area contributed by atoms with Crippen LogP contribution in [0.2, 0.25) is 0 Å². The Bertz CT molecular complexity index is 562. The van der Waals surface area contributed by atoms with E-state index in [0.29, 0.717) is 6.10 Å². The first-order chi connectivity index (χ1) is 10.3. The normalized spacial score (nSPS) is 16.8. The van der Waals surface area contributed by atoms with Crippen molar-refractivity contribution >= 4 is 0 Å². The van der Waals surface area contributed by atoms with Gasteiger partial charge in [-0.15, -0.1) is 0 Å². The molecule has 21 heavy (non-hydrogen) atoms. The number of piperidine rings is 1. The quantitative estimate of drug-likeness (QED) is 0.859. The molecule has 0 saturated carbocycles. The number of aryl methyl sites for hydroxylation is 1. The summed E-state index contributed by atoms with van der Waals surface area (Å²) in [4.78, 5) is 6.56. The highest BCUT2D eigenvalue weighted by Gasteiger charge is 2.20. The molecule has 1 aliphatic heterocycles. The summed E-state index contributed by atoms with van der Waals surface area (Å²) in [6, 6.07) is 12.5. The van der Waals surface area contributed by atoms with Crippen molar-refractivity contribution in [2.75, 3.05) is 13.1 Å². The molecule has 110 valence electrons. The zero-order valence-electron chi connectivity index (χ0n) is 12.5. The second-order valence-corrected chi connectivity index (χ2v) is 5.71. The summed E-state index contributed by atoms with van der Waals surface area (Å²) >= 11 is 0. The van der Waals surface area contributed by atoms with Gasteiger partial charge in [0.05, 0.1) is 0 Å². The standard InChI is InChI=1S/C18H22N2O/c1-15-4-2-3-5-18(15)21-17-8-12-20(13-9-17)14-16-6-10-19-11-7-16/h2-7,10-11,17H,8-9,12-14H2,1H3. The highest BCUT2D eigenvalue weighted by atomic mass is 16.5. The fourth-order valence-corrected chi connectivity index (χ4v) is 2.80. The number of hydrogen-bond acceptors (Lipinski definition) is 3. The zero-order valence-corrected chi connectivity index (χ0v) is 12.5. The molecule has 3 heteroatoms. The third-order valence-electron chi connectivity index (χ3n) is 4.08. The summed E-state index contributed by atoms with van der Waals surface area (Å²) in [5, 5.41) is 0. The summed E-state index contributed by atoms with van der Waals surface area (Å²) in [7, 11) is 0. The molecule has 0 atom stereocenters. The van der Waals surface area contributed by atoms with E-state index in [1.165, 1.54) is 11.1 Å². The minimum Gasteiger partial charge on any atom is -0.490 e. The van der Waals surface area contributed by atoms with Crippen LogP contribution in [0.4, 0.5) is 0 Å². The lowest BCUT2D eigenvalue weighted by atomic mass is 10.1. The number of pyridine rings is 1. The van der Waals surface area contributed by atoms with Gasteiger partial charge in [-0.3, -0.25) is 9.88 Å². The molecule has 2 heterocycles.